The van der Waals surface area contributed by atoms with E-state index >= 15 is 0 Å². The highest BCUT2D eigenvalue weighted by molar-refractivity contribution is 7.92. The summed E-state index contributed by atoms with van der Waals surface area (Å²) in [6.07, 6.45) is -4.78. The lowest BCUT2D eigenvalue weighted by Crippen LogP contribution is -2.37. The first-order chi connectivity index (χ1) is 18.2. The SMILES string of the molecule is Cc1ccc(C(F)(F)F)cc1N(COC(=O)C(C)(C)C)S(=O)(=O)c1cccc(C(=O)OCOC(=O)C(C)(C)C)c1. The summed E-state index contributed by atoms with van der Waals surface area (Å²) in [6.45, 7) is 9.12. The van der Waals surface area contributed by atoms with Gasteiger partial charge in [0, 0.05) is 0 Å². The van der Waals surface area contributed by atoms with Crippen LogP contribution in [0.4, 0.5) is 18.9 Å². The van der Waals surface area contributed by atoms with E-state index in [1.165, 1.54) is 39.8 Å². The van der Waals surface area contributed by atoms with Crippen LogP contribution >= 0.6 is 0 Å². The number of hydrogen-bond donors (Lipinski definition) is 0. The van der Waals surface area contributed by atoms with Crippen molar-refractivity contribution in [2.45, 2.75) is 59.5 Å². The molecule has 0 unspecified atom stereocenters. The summed E-state index contributed by atoms with van der Waals surface area (Å²) in [5, 5.41) is 0. The van der Waals surface area contributed by atoms with Gasteiger partial charge < -0.3 is 14.2 Å². The highest BCUT2D eigenvalue weighted by Crippen LogP contribution is 2.35. The first kappa shape index (κ1) is 32.6. The Bertz CT molecular complexity index is 1370. The Morgan fingerprint density at radius 3 is 1.95 bits per heavy atom. The van der Waals surface area contributed by atoms with E-state index in [1.807, 2.05) is 0 Å². The zero-order chi connectivity index (χ0) is 30.7. The molecule has 0 saturated heterocycles. The highest BCUT2D eigenvalue weighted by Gasteiger charge is 2.35. The van der Waals surface area contributed by atoms with Gasteiger partial charge in [0.25, 0.3) is 10.0 Å². The summed E-state index contributed by atoms with van der Waals surface area (Å²) in [4.78, 5) is 36.3. The Morgan fingerprint density at radius 1 is 0.825 bits per heavy atom. The lowest BCUT2D eigenvalue weighted by Gasteiger charge is -2.28. The number of benzene rings is 2. The highest BCUT2D eigenvalue weighted by atomic mass is 32.2. The van der Waals surface area contributed by atoms with Crippen molar-refractivity contribution in [3.63, 3.8) is 0 Å². The quantitative estimate of drug-likeness (QED) is 0.295. The summed E-state index contributed by atoms with van der Waals surface area (Å²) in [5.74, 6) is -2.44. The predicted molar refractivity (Wildman–Crippen MR) is 139 cm³/mol. The normalized spacial score (nSPS) is 12.4. The number of alkyl halides is 3. The van der Waals surface area contributed by atoms with Gasteiger partial charge in [0.1, 0.15) is 0 Å². The molecule has 0 N–H and O–H groups in total. The summed E-state index contributed by atoms with van der Waals surface area (Å²) >= 11 is 0. The van der Waals surface area contributed by atoms with Crippen molar-refractivity contribution >= 4 is 33.6 Å². The van der Waals surface area contributed by atoms with Crippen LogP contribution in [0.3, 0.4) is 0 Å². The molecule has 0 fully saturated rings. The van der Waals surface area contributed by atoms with Crippen molar-refractivity contribution < 1.29 is 50.2 Å². The molecule has 0 radical (unpaired) electrons. The summed E-state index contributed by atoms with van der Waals surface area (Å²) < 4.78 is 83.4. The first-order valence-electron chi connectivity index (χ1n) is 12.0. The minimum absolute atomic E-state index is 0.152. The van der Waals surface area contributed by atoms with Crippen LogP contribution in [0.2, 0.25) is 0 Å². The maximum absolute atomic E-state index is 13.7. The van der Waals surface area contributed by atoms with Gasteiger partial charge >= 0.3 is 24.1 Å². The van der Waals surface area contributed by atoms with Crippen molar-refractivity contribution in [2.75, 3.05) is 17.8 Å². The average molecular weight is 588 g/mol. The van der Waals surface area contributed by atoms with Crippen LogP contribution < -0.4 is 4.31 Å². The third-order valence-electron chi connectivity index (χ3n) is 5.38. The Kier molecular flexibility index (Phi) is 9.67. The fourth-order valence-corrected chi connectivity index (χ4v) is 4.43. The van der Waals surface area contributed by atoms with Crippen LogP contribution in [0, 0.1) is 17.8 Å². The van der Waals surface area contributed by atoms with Crippen molar-refractivity contribution in [3.05, 3.63) is 59.2 Å². The molecule has 0 spiro atoms. The third-order valence-corrected chi connectivity index (χ3v) is 7.11. The Morgan fingerprint density at radius 2 is 1.40 bits per heavy atom. The second-order valence-electron chi connectivity index (χ2n) is 10.9. The van der Waals surface area contributed by atoms with E-state index in [2.05, 4.69) is 0 Å². The maximum Gasteiger partial charge on any atom is 0.416 e. The molecule has 0 atom stereocenters. The number of sulfonamides is 1. The maximum atomic E-state index is 13.7. The largest absolute Gasteiger partial charge is 0.443 e. The number of aryl methyl sites for hydroxylation is 1. The number of esters is 3. The second kappa shape index (κ2) is 11.9. The molecule has 0 amide bonds. The number of halogens is 3. The van der Waals surface area contributed by atoms with Gasteiger partial charge in [-0.1, -0.05) is 12.1 Å². The molecule has 0 saturated carbocycles. The van der Waals surface area contributed by atoms with E-state index in [-0.39, 0.29) is 16.8 Å². The Balaban J connectivity index is 2.48. The number of carbonyl (C=O) groups excluding carboxylic acids is 3. The van der Waals surface area contributed by atoms with Gasteiger partial charge in [-0.25, -0.2) is 17.5 Å². The van der Waals surface area contributed by atoms with Crippen LogP contribution in [0.25, 0.3) is 0 Å². The van der Waals surface area contributed by atoms with Gasteiger partial charge in [-0.2, -0.15) is 13.2 Å². The zero-order valence-electron chi connectivity index (χ0n) is 23.2. The fourth-order valence-electron chi connectivity index (χ4n) is 3.00. The van der Waals surface area contributed by atoms with Crippen LogP contribution in [0.5, 0.6) is 0 Å². The standard InChI is InChI=1S/C27H32F3NO8S/c1-17-11-12-19(27(28,29)30)14-21(17)31(15-37-23(33)25(2,3)4)40(35,36)20-10-8-9-18(13-20)22(32)38-16-39-24(34)26(5,6)7/h8-14H,15-16H2,1-7H3. The van der Waals surface area contributed by atoms with E-state index in [4.69, 9.17) is 14.2 Å². The van der Waals surface area contributed by atoms with Crippen molar-refractivity contribution in [2.24, 2.45) is 10.8 Å². The minimum atomic E-state index is -4.78. The molecular weight excluding hydrogens is 555 g/mol. The summed E-state index contributed by atoms with van der Waals surface area (Å²) in [5.41, 5.74) is -3.45. The molecule has 9 nitrogen and oxygen atoms in total. The van der Waals surface area contributed by atoms with E-state index in [0.717, 1.165) is 24.3 Å². The molecule has 0 bridgehead atoms. The lowest BCUT2D eigenvalue weighted by molar-refractivity contribution is -0.161. The zero-order valence-corrected chi connectivity index (χ0v) is 24.0. The first-order valence-corrected chi connectivity index (χ1v) is 13.4. The molecule has 13 heteroatoms. The Hall–Kier alpha value is -3.61. The molecule has 0 aromatic heterocycles. The van der Waals surface area contributed by atoms with Gasteiger partial charge in [-0.3, -0.25) is 9.59 Å². The third kappa shape index (κ3) is 8.20. The number of rotatable bonds is 8. The van der Waals surface area contributed by atoms with E-state index in [1.54, 1.807) is 20.8 Å². The number of ether oxygens (including phenoxy) is 3. The monoisotopic (exact) mass is 587 g/mol. The molecule has 0 aliphatic heterocycles. The summed E-state index contributed by atoms with van der Waals surface area (Å²) in [6, 6.07) is 7.07. The van der Waals surface area contributed by atoms with E-state index in [9.17, 15) is 36.0 Å². The molecule has 220 valence electrons. The molecule has 2 aromatic rings. The van der Waals surface area contributed by atoms with Crippen molar-refractivity contribution in [1.82, 2.24) is 0 Å². The molecule has 2 rings (SSSR count). The van der Waals surface area contributed by atoms with Crippen LogP contribution in [0.15, 0.2) is 47.4 Å². The molecule has 0 aliphatic rings. The minimum Gasteiger partial charge on any atom is -0.443 e. The Labute approximate surface area is 231 Å². The van der Waals surface area contributed by atoms with E-state index < -0.39 is 68.9 Å². The number of nitrogens with zero attached hydrogens (tertiary/aromatic N) is 1. The van der Waals surface area contributed by atoms with Crippen molar-refractivity contribution in [3.8, 4) is 0 Å². The number of anilines is 1. The lowest BCUT2D eigenvalue weighted by atomic mass is 9.97. The van der Waals surface area contributed by atoms with Gasteiger partial charge in [0.05, 0.1) is 32.5 Å². The van der Waals surface area contributed by atoms with Crippen LogP contribution in [-0.4, -0.2) is 39.8 Å². The summed E-state index contributed by atoms with van der Waals surface area (Å²) in [7, 11) is -4.69. The van der Waals surface area contributed by atoms with E-state index in [0.29, 0.717) is 10.4 Å². The van der Waals surface area contributed by atoms with Gasteiger partial charge in [0.2, 0.25) is 6.79 Å². The van der Waals surface area contributed by atoms with Crippen LogP contribution in [-0.2, 0) is 40.0 Å². The number of carbonyl (C=O) groups is 3. The molecule has 2 aromatic carbocycles. The number of hydrogen-bond acceptors (Lipinski definition) is 8. The molecular formula is C27H32F3NO8S. The molecule has 0 heterocycles. The average Bonchev–Trinajstić information content (AvgIpc) is 2.82. The topological polar surface area (TPSA) is 116 Å². The predicted octanol–water partition coefficient (Wildman–Crippen LogP) is 5.46. The smallest absolute Gasteiger partial charge is 0.416 e. The van der Waals surface area contributed by atoms with Crippen LogP contribution in [0.1, 0.15) is 63.0 Å². The van der Waals surface area contributed by atoms with Crippen molar-refractivity contribution in [1.29, 1.82) is 0 Å². The fraction of sp³-hybridized carbons (Fsp3) is 0.444. The van der Waals surface area contributed by atoms with Gasteiger partial charge in [-0.05, 0) is 84.4 Å². The van der Waals surface area contributed by atoms with Gasteiger partial charge in [0.15, 0.2) is 6.73 Å². The van der Waals surface area contributed by atoms with Gasteiger partial charge in [-0.15, -0.1) is 0 Å². The molecule has 40 heavy (non-hydrogen) atoms. The second-order valence-corrected chi connectivity index (χ2v) is 12.8. The molecule has 0 aliphatic carbocycles.